The van der Waals surface area contributed by atoms with Crippen molar-refractivity contribution < 1.29 is 9.53 Å². The molecule has 3 heteroatoms. The van der Waals surface area contributed by atoms with Gasteiger partial charge in [-0.05, 0) is 36.9 Å². The van der Waals surface area contributed by atoms with Gasteiger partial charge in [-0.2, -0.15) is 0 Å². The Morgan fingerprint density at radius 3 is 2.80 bits per heavy atom. The second-order valence-electron chi connectivity index (χ2n) is 5.18. The maximum Gasteiger partial charge on any atom is 0.333 e. The largest absolute Gasteiger partial charge is 0.466 e. The zero-order chi connectivity index (χ0) is 14.4. The molecule has 1 aliphatic rings. The number of aryl methyl sites for hydroxylation is 1. The number of esters is 1. The molecule has 0 saturated heterocycles. The number of hydrogen-bond donors (Lipinski definition) is 0. The number of carbonyl (C=O) groups is 1. The van der Waals surface area contributed by atoms with Gasteiger partial charge < -0.3 is 4.74 Å². The van der Waals surface area contributed by atoms with Crippen LogP contribution in [0.15, 0.2) is 35.9 Å². The maximum atomic E-state index is 11.6. The Bertz CT molecular complexity index is 494. The maximum absolute atomic E-state index is 11.6. The second kappa shape index (κ2) is 7.25. The van der Waals surface area contributed by atoms with Crippen LogP contribution in [-0.2, 0) is 22.5 Å². The lowest BCUT2D eigenvalue weighted by Crippen LogP contribution is -2.24. The molecule has 0 unspecified atom stereocenters. The molecule has 3 nitrogen and oxygen atoms in total. The van der Waals surface area contributed by atoms with Gasteiger partial charge in [0.25, 0.3) is 0 Å². The predicted octanol–water partition coefficient (Wildman–Crippen LogP) is 2.94. The average Bonchev–Trinajstić information content (AvgIpc) is 2.69. The van der Waals surface area contributed by atoms with E-state index in [9.17, 15) is 4.79 Å². The highest BCUT2D eigenvalue weighted by Gasteiger charge is 2.14. The van der Waals surface area contributed by atoms with Gasteiger partial charge in [-0.15, -0.1) is 0 Å². The van der Waals surface area contributed by atoms with Crippen LogP contribution in [-0.4, -0.2) is 31.1 Å². The number of benzene rings is 1. The molecule has 0 N–H and O–H groups in total. The van der Waals surface area contributed by atoms with Gasteiger partial charge in [-0.1, -0.05) is 37.3 Å². The summed E-state index contributed by atoms with van der Waals surface area (Å²) in [6.07, 6.45) is 5.05. The Hall–Kier alpha value is -1.61. The second-order valence-corrected chi connectivity index (χ2v) is 5.18. The molecule has 20 heavy (non-hydrogen) atoms. The molecule has 0 atom stereocenters. The number of methoxy groups -OCH3 is 1. The van der Waals surface area contributed by atoms with Crippen molar-refractivity contribution in [3.05, 3.63) is 47.0 Å². The van der Waals surface area contributed by atoms with Crippen LogP contribution in [0.1, 0.15) is 30.9 Å². The van der Waals surface area contributed by atoms with Crippen molar-refractivity contribution in [2.75, 3.05) is 20.2 Å². The van der Waals surface area contributed by atoms with E-state index in [1.54, 1.807) is 0 Å². The molecule has 2 rings (SSSR count). The molecule has 108 valence electrons. The number of carbonyl (C=O) groups excluding carboxylic acids is 1. The topological polar surface area (TPSA) is 29.5 Å². The summed E-state index contributed by atoms with van der Waals surface area (Å²) >= 11 is 0. The van der Waals surface area contributed by atoms with Crippen LogP contribution in [0.2, 0.25) is 0 Å². The Labute approximate surface area is 121 Å². The molecular formula is C17H23NO2. The lowest BCUT2D eigenvalue weighted by atomic mass is 10.0. The van der Waals surface area contributed by atoms with E-state index in [1.807, 2.05) is 13.0 Å². The van der Waals surface area contributed by atoms with Crippen LogP contribution < -0.4 is 0 Å². The summed E-state index contributed by atoms with van der Waals surface area (Å²) in [5.74, 6) is -0.206. The Morgan fingerprint density at radius 1 is 1.35 bits per heavy atom. The SMILES string of the molecule is CCC(=CCN1CCCc2ccccc2C1)C(=O)OC. The van der Waals surface area contributed by atoms with Gasteiger partial charge in [0.2, 0.25) is 0 Å². The third-order valence-corrected chi connectivity index (χ3v) is 3.86. The van der Waals surface area contributed by atoms with E-state index in [4.69, 9.17) is 4.74 Å². The van der Waals surface area contributed by atoms with E-state index in [2.05, 4.69) is 29.2 Å². The molecule has 0 spiro atoms. The Kier molecular flexibility index (Phi) is 5.36. The first kappa shape index (κ1) is 14.8. The predicted molar refractivity (Wildman–Crippen MR) is 80.4 cm³/mol. The lowest BCUT2D eigenvalue weighted by Gasteiger charge is -2.19. The fourth-order valence-electron chi connectivity index (χ4n) is 2.67. The summed E-state index contributed by atoms with van der Waals surface area (Å²) in [4.78, 5) is 14.0. The van der Waals surface area contributed by atoms with Gasteiger partial charge in [-0.25, -0.2) is 4.79 Å². The molecule has 0 radical (unpaired) electrons. The first-order valence-corrected chi connectivity index (χ1v) is 7.31. The number of ether oxygens (including phenoxy) is 1. The van der Waals surface area contributed by atoms with Crippen LogP contribution >= 0.6 is 0 Å². The molecular weight excluding hydrogens is 250 g/mol. The quantitative estimate of drug-likeness (QED) is 0.624. The number of fused-ring (bicyclic) bond motifs is 1. The van der Waals surface area contributed by atoms with E-state index in [1.165, 1.54) is 24.7 Å². The number of rotatable bonds is 4. The highest BCUT2D eigenvalue weighted by Crippen LogP contribution is 2.18. The molecule has 1 heterocycles. The van der Waals surface area contributed by atoms with Crippen molar-refractivity contribution in [3.63, 3.8) is 0 Å². The monoisotopic (exact) mass is 273 g/mol. The first-order chi connectivity index (χ1) is 9.74. The molecule has 1 aromatic rings. The molecule has 0 amide bonds. The first-order valence-electron chi connectivity index (χ1n) is 7.31. The van der Waals surface area contributed by atoms with Gasteiger partial charge in [0, 0.05) is 18.7 Å². The van der Waals surface area contributed by atoms with E-state index in [-0.39, 0.29) is 5.97 Å². The van der Waals surface area contributed by atoms with E-state index < -0.39 is 0 Å². The summed E-state index contributed by atoms with van der Waals surface area (Å²) < 4.78 is 4.80. The van der Waals surface area contributed by atoms with Crippen molar-refractivity contribution in [1.82, 2.24) is 4.90 Å². The van der Waals surface area contributed by atoms with Crippen molar-refractivity contribution >= 4 is 5.97 Å². The minimum atomic E-state index is -0.206. The van der Waals surface area contributed by atoms with E-state index in [0.717, 1.165) is 38.0 Å². The van der Waals surface area contributed by atoms with Crippen molar-refractivity contribution in [2.45, 2.75) is 32.7 Å². The van der Waals surface area contributed by atoms with E-state index >= 15 is 0 Å². The zero-order valence-corrected chi connectivity index (χ0v) is 12.4. The van der Waals surface area contributed by atoms with Gasteiger partial charge in [0.1, 0.15) is 0 Å². The third-order valence-electron chi connectivity index (χ3n) is 3.86. The zero-order valence-electron chi connectivity index (χ0n) is 12.4. The molecule has 0 aliphatic carbocycles. The highest BCUT2D eigenvalue weighted by atomic mass is 16.5. The molecule has 1 aromatic carbocycles. The summed E-state index contributed by atoms with van der Waals surface area (Å²) in [6.45, 7) is 4.83. The fraction of sp³-hybridized carbons (Fsp3) is 0.471. The molecule has 0 saturated carbocycles. The lowest BCUT2D eigenvalue weighted by molar-refractivity contribution is -0.136. The van der Waals surface area contributed by atoms with E-state index in [0.29, 0.717) is 0 Å². The fourth-order valence-corrected chi connectivity index (χ4v) is 2.67. The molecule has 0 aromatic heterocycles. The summed E-state index contributed by atoms with van der Waals surface area (Å²) in [5.41, 5.74) is 3.64. The van der Waals surface area contributed by atoms with Gasteiger partial charge in [-0.3, -0.25) is 4.90 Å². The summed E-state index contributed by atoms with van der Waals surface area (Å²) in [7, 11) is 1.44. The molecule has 0 bridgehead atoms. The van der Waals surface area contributed by atoms with Gasteiger partial charge >= 0.3 is 5.97 Å². The van der Waals surface area contributed by atoms with Gasteiger partial charge in [0.15, 0.2) is 0 Å². The summed E-state index contributed by atoms with van der Waals surface area (Å²) in [5, 5.41) is 0. The van der Waals surface area contributed by atoms with Crippen molar-refractivity contribution in [3.8, 4) is 0 Å². The molecule has 0 fully saturated rings. The number of hydrogen-bond acceptors (Lipinski definition) is 3. The van der Waals surface area contributed by atoms with Crippen LogP contribution in [0, 0.1) is 0 Å². The minimum absolute atomic E-state index is 0.206. The number of nitrogens with zero attached hydrogens (tertiary/aromatic N) is 1. The van der Waals surface area contributed by atoms with Crippen LogP contribution in [0.25, 0.3) is 0 Å². The Balaban J connectivity index is 2.04. The standard InChI is InChI=1S/C17H23NO2/c1-3-14(17(19)20-2)10-12-18-11-6-9-15-7-4-5-8-16(15)13-18/h4-5,7-8,10H,3,6,9,11-13H2,1-2H3. The smallest absolute Gasteiger partial charge is 0.333 e. The van der Waals surface area contributed by atoms with Crippen molar-refractivity contribution in [2.24, 2.45) is 0 Å². The molecule has 1 aliphatic heterocycles. The van der Waals surface area contributed by atoms with Crippen LogP contribution in [0.5, 0.6) is 0 Å². The van der Waals surface area contributed by atoms with Crippen molar-refractivity contribution in [1.29, 1.82) is 0 Å². The Morgan fingerprint density at radius 2 is 2.10 bits per heavy atom. The highest BCUT2D eigenvalue weighted by molar-refractivity contribution is 5.88. The minimum Gasteiger partial charge on any atom is -0.466 e. The average molecular weight is 273 g/mol. The third kappa shape index (κ3) is 3.70. The normalized spacial score (nSPS) is 16.4. The van der Waals surface area contributed by atoms with Crippen LogP contribution in [0.4, 0.5) is 0 Å². The summed E-state index contributed by atoms with van der Waals surface area (Å²) in [6, 6.07) is 8.64. The van der Waals surface area contributed by atoms with Gasteiger partial charge in [0.05, 0.1) is 7.11 Å². The van der Waals surface area contributed by atoms with Crippen LogP contribution in [0.3, 0.4) is 0 Å².